The molecule has 1 N–H and O–H groups in total. The predicted molar refractivity (Wildman–Crippen MR) is 156 cm³/mol. The third kappa shape index (κ3) is 6.07. The maximum atomic E-state index is 12.5. The molecule has 1 aromatic heterocycles. The number of benzene rings is 2. The van der Waals surface area contributed by atoms with Crippen LogP contribution in [0.4, 0.5) is 0 Å². The van der Waals surface area contributed by atoms with Crippen LogP contribution in [-0.2, 0) is 11.3 Å². The third-order valence-corrected chi connectivity index (χ3v) is 9.95. The highest BCUT2D eigenvalue weighted by Gasteiger charge is 2.43. The smallest absolute Gasteiger partial charge is 0.321 e. The number of hydrogen-bond donors (Lipinski definition) is 1. The first-order chi connectivity index (χ1) is 19.2. The minimum Gasteiger partial charge on any atom is -0.480 e. The SMILES string of the molecule is O=C(O)[C@@H](C1CCCCC1)N1CC(CN2CCC(CCn3cnc4ccccc43)CC2)[C@@H](c2ccccc2)C1. The number of para-hydroxylation sites is 2. The average molecular weight is 529 g/mol. The second-order valence-electron chi connectivity index (χ2n) is 12.4. The van der Waals surface area contributed by atoms with Gasteiger partial charge < -0.3 is 14.6 Å². The first kappa shape index (κ1) is 26.5. The van der Waals surface area contributed by atoms with Crippen molar-refractivity contribution in [2.75, 3.05) is 32.7 Å². The van der Waals surface area contributed by atoms with Gasteiger partial charge in [0.15, 0.2) is 0 Å². The second-order valence-corrected chi connectivity index (χ2v) is 12.4. The van der Waals surface area contributed by atoms with Crippen molar-refractivity contribution in [3.8, 4) is 0 Å². The Kier molecular flexibility index (Phi) is 8.31. The van der Waals surface area contributed by atoms with Crippen molar-refractivity contribution in [1.29, 1.82) is 0 Å². The minimum atomic E-state index is -0.610. The van der Waals surface area contributed by atoms with Crippen LogP contribution < -0.4 is 0 Å². The third-order valence-electron chi connectivity index (χ3n) is 9.95. The molecule has 3 fully saturated rings. The van der Waals surface area contributed by atoms with E-state index in [1.165, 1.54) is 49.6 Å². The Bertz CT molecular complexity index is 1210. The maximum Gasteiger partial charge on any atom is 0.321 e. The Morgan fingerprint density at radius 2 is 1.67 bits per heavy atom. The zero-order valence-electron chi connectivity index (χ0n) is 23.2. The van der Waals surface area contributed by atoms with Crippen molar-refractivity contribution < 1.29 is 9.90 Å². The number of imidazole rings is 1. The molecule has 1 aliphatic carbocycles. The van der Waals surface area contributed by atoms with E-state index in [4.69, 9.17) is 0 Å². The molecule has 3 aromatic rings. The summed E-state index contributed by atoms with van der Waals surface area (Å²) in [5, 5.41) is 10.3. The summed E-state index contributed by atoms with van der Waals surface area (Å²) in [6.07, 6.45) is 11.4. The fourth-order valence-corrected chi connectivity index (χ4v) is 7.80. The van der Waals surface area contributed by atoms with E-state index in [1.807, 2.05) is 6.33 Å². The number of nitrogens with zero attached hydrogens (tertiary/aromatic N) is 4. The molecule has 3 heterocycles. The minimum absolute atomic E-state index is 0.301. The van der Waals surface area contributed by atoms with Gasteiger partial charge in [0, 0.05) is 32.1 Å². The van der Waals surface area contributed by atoms with Crippen LogP contribution in [0.5, 0.6) is 0 Å². The molecule has 2 aliphatic heterocycles. The van der Waals surface area contributed by atoms with Gasteiger partial charge in [-0.15, -0.1) is 0 Å². The number of carboxylic acid groups (broad SMARTS) is 1. The van der Waals surface area contributed by atoms with Crippen molar-refractivity contribution in [1.82, 2.24) is 19.4 Å². The highest BCUT2D eigenvalue weighted by Crippen LogP contribution is 2.38. The summed E-state index contributed by atoms with van der Waals surface area (Å²) < 4.78 is 2.31. The molecule has 0 bridgehead atoms. The van der Waals surface area contributed by atoms with Gasteiger partial charge in [-0.25, -0.2) is 4.98 Å². The van der Waals surface area contributed by atoms with Crippen LogP contribution in [0, 0.1) is 17.8 Å². The van der Waals surface area contributed by atoms with Gasteiger partial charge in [0.2, 0.25) is 0 Å². The standard InChI is InChI=1S/C33H44N4O2/c38-33(39)32(27-11-5-2-6-12-27)37-22-28(29(23-37)26-9-3-1-4-10-26)21-35-18-15-25(16-19-35)17-20-36-24-34-30-13-7-8-14-31(30)36/h1,3-4,7-10,13-14,24-25,27-29,32H,2,5-6,11-12,15-23H2,(H,38,39)/t28?,29-,32-/m1/s1. The van der Waals surface area contributed by atoms with Crippen LogP contribution in [0.15, 0.2) is 60.9 Å². The highest BCUT2D eigenvalue weighted by molar-refractivity contribution is 5.75. The Balaban J connectivity index is 1.07. The van der Waals surface area contributed by atoms with Crippen LogP contribution in [-0.4, -0.2) is 69.2 Å². The van der Waals surface area contributed by atoms with Gasteiger partial charge in [-0.3, -0.25) is 9.69 Å². The summed E-state index contributed by atoms with van der Waals surface area (Å²) in [5.41, 5.74) is 3.69. The first-order valence-electron chi connectivity index (χ1n) is 15.3. The van der Waals surface area contributed by atoms with Crippen LogP contribution in [0.25, 0.3) is 11.0 Å². The van der Waals surface area contributed by atoms with E-state index >= 15 is 0 Å². The fourth-order valence-electron chi connectivity index (χ4n) is 7.80. The lowest BCUT2D eigenvalue weighted by molar-refractivity contribution is -0.145. The summed E-state index contributed by atoms with van der Waals surface area (Å²) in [6, 6.07) is 19.0. The van der Waals surface area contributed by atoms with Crippen molar-refractivity contribution in [3.63, 3.8) is 0 Å². The van der Waals surface area contributed by atoms with E-state index in [0.717, 1.165) is 63.5 Å². The zero-order valence-corrected chi connectivity index (χ0v) is 23.2. The van der Waals surface area contributed by atoms with Crippen LogP contribution in [0.1, 0.15) is 62.8 Å². The van der Waals surface area contributed by atoms with Gasteiger partial charge in [0.1, 0.15) is 6.04 Å². The van der Waals surface area contributed by atoms with Crippen molar-refractivity contribution >= 4 is 17.0 Å². The molecule has 0 radical (unpaired) electrons. The summed E-state index contributed by atoms with van der Waals surface area (Å²) >= 11 is 0. The average Bonchev–Trinajstić information content (AvgIpc) is 3.58. The molecule has 6 nitrogen and oxygen atoms in total. The van der Waals surface area contributed by atoms with Crippen molar-refractivity contribution in [2.24, 2.45) is 17.8 Å². The summed E-state index contributed by atoms with van der Waals surface area (Å²) in [4.78, 5) is 22.1. The zero-order chi connectivity index (χ0) is 26.6. The Labute approximate surface area is 233 Å². The Morgan fingerprint density at radius 1 is 0.923 bits per heavy atom. The molecule has 6 heteroatoms. The number of likely N-dealkylation sites (tertiary alicyclic amines) is 2. The number of aliphatic carboxylic acids is 1. The van der Waals surface area contributed by atoms with Crippen LogP contribution in [0.2, 0.25) is 0 Å². The van der Waals surface area contributed by atoms with E-state index in [9.17, 15) is 9.90 Å². The number of rotatable bonds is 9. The number of carboxylic acids is 1. The normalized spacial score (nSPS) is 24.8. The first-order valence-corrected chi connectivity index (χ1v) is 15.3. The van der Waals surface area contributed by atoms with Crippen molar-refractivity contribution in [3.05, 3.63) is 66.5 Å². The van der Waals surface area contributed by atoms with Crippen LogP contribution in [0.3, 0.4) is 0 Å². The number of carbonyl (C=O) groups is 1. The fraction of sp³-hybridized carbons (Fsp3) is 0.576. The molecule has 1 saturated carbocycles. The molecular weight excluding hydrogens is 484 g/mol. The van der Waals surface area contributed by atoms with Crippen molar-refractivity contribution in [2.45, 2.75) is 69.9 Å². The number of aryl methyl sites for hydroxylation is 1. The number of fused-ring (bicyclic) bond motifs is 1. The molecule has 3 aliphatic rings. The summed E-state index contributed by atoms with van der Waals surface area (Å²) in [7, 11) is 0. The van der Waals surface area contributed by atoms with Gasteiger partial charge in [0.05, 0.1) is 17.4 Å². The van der Waals surface area contributed by atoms with E-state index in [0.29, 0.717) is 17.8 Å². The monoisotopic (exact) mass is 528 g/mol. The van der Waals surface area contributed by atoms with E-state index in [2.05, 4.69) is 73.9 Å². The Hall–Kier alpha value is -2.70. The molecule has 6 rings (SSSR count). The molecule has 2 saturated heterocycles. The number of aromatic nitrogens is 2. The van der Waals surface area contributed by atoms with E-state index in [-0.39, 0.29) is 6.04 Å². The summed E-state index contributed by atoms with van der Waals surface area (Å²) in [5.74, 6) is 1.33. The predicted octanol–water partition coefficient (Wildman–Crippen LogP) is 5.89. The molecule has 3 atom stereocenters. The quantitative estimate of drug-likeness (QED) is 0.375. The lowest BCUT2D eigenvalue weighted by Gasteiger charge is -2.35. The topological polar surface area (TPSA) is 61.6 Å². The molecule has 39 heavy (non-hydrogen) atoms. The van der Waals surface area contributed by atoms with E-state index in [1.54, 1.807) is 0 Å². The van der Waals surface area contributed by atoms with Gasteiger partial charge in [-0.05, 0) is 80.6 Å². The number of hydrogen-bond acceptors (Lipinski definition) is 4. The number of piperidine rings is 1. The van der Waals surface area contributed by atoms with Gasteiger partial charge in [-0.2, -0.15) is 0 Å². The van der Waals surface area contributed by atoms with Gasteiger partial charge in [0.25, 0.3) is 0 Å². The van der Waals surface area contributed by atoms with E-state index < -0.39 is 5.97 Å². The largest absolute Gasteiger partial charge is 0.480 e. The lowest BCUT2D eigenvalue weighted by atomic mass is 9.83. The molecular formula is C33H44N4O2. The highest BCUT2D eigenvalue weighted by atomic mass is 16.4. The summed E-state index contributed by atoms with van der Waals surface area (Å²) in [6.45, 7) is 6.19. The second kappa shape index (κ2) is 12.2. The molecule has 1 unspecified atom stereocenters. The molecule has 0 spiro atoms. The molecule has 2 aromatic carbocycles. The van der Waals surface area contributed by atoms with Gasteiger partial charge in [-0.1, -0.05) is 61.7 Å². The Morgan fingerprint density at radius 3 is 2.44 bits per heavy atom. The molecule has 208 valence electrons. The van der Waals surface area contributed by atoms with Gasteiger partial charge >= 0.3 is 5.97 Å². The maximum absolute atomic E-state index is 12.5. The lowest BCUT2D eigenvalue weighted by Crippen LogP contribution is -2.46. The molecule has 0 amide bonds. The van der Waals surface area contributed by atoms with Crippen LogP contribution >= 0.6 is 0 Å².